The van der Waals surface area contributed by atoms with Crippen molar-refractivity contribution >= 4 is 44.0 Å². The minimum Gasteiger partial charge on any atom is -0.372 e. The van der Waals surface area contributed by atoms with Gasteiger partial charge in [0.2, 0.25) is 0 Å². The molecule has 0 amide bonds. The fraction of sp³-hybridized carbons (Fsp3) is 0.0930. The average molecular weight is 592 g/mol. The van der Waals surface area contributed by atoms with Crippen LogP contribution in [0.15, 0.2) is 168 Å². The molecule has 3 nitrogen and oxygen atoms in total. The lowest BCUT2D eigenvalue weighted by molar-refractivity contribution is 0.473. The maximum atomic E-state index is 5.63. The van der Waals surface area contributed by atoms with E-state index in [1.807, 2.05) is 0 Å². The Morgan fingerprint density at radius 1 is 0.652 bits per heavy atom. The van der Waals surface area contributed by atoms with E-state index in [-0.39, 0.29) is 6.04 Å². The lowest BCUT2D eigenvalue weighted by Crippen LogP contribution is -2.46. The van der Waals surface area contributed by atoms with Gasteiger partial charge in [0, 0.05) is 10.8 Å². The Balaban J connectivity index is 1.35. The minimum atomic E-state index is -0.447. The van der Waals surface area contributed by atoms with Gasteiger partial charge in [-0.05, 0) is 64.6 Å². The Morgan fingerprint density at radius 3 is 2.13 bits per heavy atom. The second-order valence-electron chi connectivity index (χ2n) is 12.6. The Bertz CT molecular complexity index is 2360. The molecule has 2 atom stereocenters. The van der Waals surface area contributed by atoms with Gasteiger partial charge in [-0.25, -0.2) is 0 Å². The maximum Gasteiger partial charge on any atom is 0.103 e. The molecule has 2 heterocycles. The Labute approximate surface area is 268 Å². The second kappa shape index (κ2) is 10.5. The van der Waals surface area contributed by atoms with Gasteiger partial charge in [-0.15, -0.1) is 0 Å². The van der Waals surface area contributed by atoms with Crippen LogP contribution in [0.4, 0.5) is 0 Å². The van der Waals surface area contributed by atoms with Crippen molar-refractivity contribution in [3.05, 3.63) is 175 Å². The third kappa shape index (κ3) is 4.16. The monoisotopic (exact) mass is 591 g/mol. The summed E-state index contributed by atoms with van der Waals surface area (Å²) in [6, 6.07) is 52.2. The first-order chi connectivity index (χ1) is 22.7. The normalized spacial score (nSPS) is 19.3. The van der Waals surface area contributed by atoms with Crippen molar-refractivity contribution in [2.75, 3.05) is 0 Å². The summed E-state index contributed by atoms with van der Waals surface area (Å²) >= 11 is 0. The molecule has 220 valence electrons. The summed E-state index contributed by atoms with van der Waals surface area (Å²) in [5, 5.41) is 9.15. The van der Waals surface area contributed by atoms with Gasteiger partial charge in [0.25, 0.3) is 0 Å². The molecule has 9 rings (SSSR count). The summed E-state index contributed by atoms with van der Waals surface area (Å²) in [5.74, 6) is 0. The zero-order chi connectivity index (χ0) is 30.7. The molecule has 2 aliphatic rings. The molecular formula is C43H33N3. The number of nitrogens with zero attached hydrogens (tertiary/aromatic N) is 2. The summed E-state index contributed by atoms with van der Waals surface area (Å²) in [6.45, 7) is 2.28. The third-order valence-corrected chi connectivity index (χ3v) is 9.72. The van der Waals surface area contributed by atoms with E-state index in [0.29, 0.717) is 0 Å². The van der Waals surface area contributed by atoms with Gasteiger partial charge in [0.15, 0.2) is 0 Å². The number of nitrogens with one attached hydrogen (secondary N) is 1. The summed E-state index contributed by atoms with van der Waals surface area (Å²) in [6.07, 6.45) is 5.43. The largest absolute Gasteiger partial charge is 0.372 e. The van der Waals surface area contributed by atoms with Gasteiger partial charge in [-0.2, -0.15) is 0 Å². The highest BCUT2D eigenvalue weighted by Crippen LogP contribution is 2.44. The Morgan fingerprint density at radius 2 is 1.35 bits per heavy atom. The van der Waals surface area contributed by atoms with Crippen LogP contribution in [0, 0.1) is 0 Å². The maximum absolute atomic E-state index is 5.63. The average Bonchev–Trinajstić information content (AvgIpc) is 3.45. The van der Waals surface area contributed by atoms with Crippen LogP contribution in [-0.4, -0.2) is 15.8 Å². The zero-order valence-corrected chi connectivity index (χ0v) is 25.7. The van der Waals surface area contributed by atoms with Crippen molar-refractivity contribution in [1.29, 1.82) is 0 Å². The molecule has 0 saturated heterocycles. The van der Waals surface area contributed by atoms with Crippen molar-refractivity contribution in [1.82, 2.24) is 9.88 Å². The van der Waals surface area contributed by atoms with Crippen LogP contribution < -0.4 is 5.32 Å². The minimum absolute atomic E-state index is 0.0815. The number of allylic oxidation sites excluding steroid dienone is 2. The molecule has 1 aliphatic heterocycles. The molecule has 1 N–H and O–H groups in total. The van der Waals surface area contributed by atoms with Gasteiger partial charge >= 0.3 is 0 Å². The summed E-state index contributed by atoms with van der Waals surface area (Å²) < 4.78 is 2.48. The number of hydrogen-bond acceptors (Lipinski definition) is 2. The fourth-order valence-electron chi connectivity index (χ4n) is 7.51. The highest BCUT2D eigenvalue weighted by molar-refractivity contribution is 6.22. The highest BCUT2D eigenvalue weighted by atomic mass is 15.1. The third-order valence-electron chi connectivity index (χ3n) is 9.72. The number of rotatable bonds is 4. The fourth-order valence-corrected chi connectivity index (χ4v) is 7.51. The van der Waals surface area contributed by atoms with E-state index in [0.717, 1.165) is 29.1 Å². The van der Waals surface area contributed by atoms with Crippen LogP contribution in [0.2, 0.25) is 0 Å². The SMILES string of the molecule is CC12CC=CC(n3c4cc(-c5ccccc5)ccc4c4c5ccccc5ccc43)=C1NC(c1ccccc1)C(c1ccccc1)=N2. The molecule has 1 aromatic heterocycles. The van der Waals surface area contributed by atoms with Crippen LogP contribution in [0.5, 0.6) is 0 Å². The molecule has 1 aliphatic carbocycles. The van der Waals surface area contributed by atoms with Gasteiger partial charge in [0.1, 0.15) is 5.54 Å². The number of benzene rings is 6. The molecule has 6 aromatic carbocycles. The first-order valence-electron chi connectivity index (χ1n) is 16.1. The van der Waals surface area contributed by atoms with Gasteiger partial charge < -0.3 is 9.88 Å². The van der Waals surface area contributed by atoms with Crippen LogP contribution in [-0.2, 0) is 0 Å². The van der Waals surface area contributed by atoms with Crippen molar-refractivity contribution in [3.8, 4) is 11.1 Å². The van der Waals surface area contributed by atoms with Crippen molar-refractivity contribution in [3.63, 3.8) is 0 Å². The number of aliphatic imine (C=N–C) groups is 1. The predicted octanol–water partition coefficient (Wildman–Crippen LogP) is 10.3. The second-order valence-corrected chi connectivity index (χ2v) is 12.6. The number of fused-ring (bicyclic) bond motifs is 6. The summed E-state index contributed by atoms with van der Waals surface area (Å²) in [4.78, 5) is 5.63. The molecule has 0 saturated carbocycles. The topological polar surface area (TPSA) is 29.3 Å². The first-order valence-corrected chi connectivity index (χ1v) is 16.1. The smallest absolute Gasteiger partial charge is 0.103 e. The highest BCUT2D eigenvalue weighted by Gasteiger charge is 2.41. The molecule has 46 heavy (non-hydrogen) atoms. The lowest BCUT2D eigenvalue weighted by atomic mass is 9.83. The van der Waals surface area contributed by atoms with E-state index in [1.165, 1.54) is 49.3 Å². The first kappa shape index (κ1) is 26.7. The zero-order valence-electron chi connectivity index (χ0n) is 25.7. The molecule has 0 fully saturated rings. The van der Waals surface area contributed by atoms with Gasteiger partial charge in [-0.1, -0.05) is 140 Å². The molecule has 2 unspecified atom stereocenters. The van der Waals surface area contributed by atoms with Crippen molar-refractivity contribution in [2.24, 2.45) is 4.99 Å². The van der Waals surface area contributed by atoms with Crippen LogP contribution in [0.3, 0.4) is 0 Å². The molecule has 0 bridgehead atoms. The number of hydrogen-bond donors (Lipinski definition) is 1. The van der Waals surface area contributed by atoms with Gasteiger partial charge in [0.05, 0.1) is 34.2 Å². The van der Waals surface area contributed by atoms with E-state index >= 15 is 0 Å². The van der Waals surface area contributed by atoms with Crippen molar-refractivity contribution in [2.45, 2.75) is 24.9 Å². The summed E-state index contributed by atoms with van der Waals surface area (Å²) in [5.41, 5.74) is 10.1. The lowest BCUT2D eigenvalue weighted by Gasteiger charge is -2.41. The van der Waals surface area contributed by atoms with Crippen molar-refractivity contribution < 1.29 is 0 Å². The standard InChI is InChI=1S/C43H33N3/c1-43-27-13-22-37(42(43)44-40(31-17-7-3-8-18-31)41(45-43)32-19-9-4-10-20-32)46-36-26-24-30-16-11-12-21-34(30)39(36)35-25-23-33(28-38(35)46)29-14-5-2-6-15-29/h2-26,28,40,44H,27H2,1H3. The van der Waals surface area contributed by atoms with E-state index in [1.54, 1.807) is 0 Å². The van der Waals surface area contributed by atoms with E-state index in [4.69, 9.17) is 4.99 Å². The predicted molar refractivity (Wildman–Crippen MR) is 193 cm³/mol. The van der Waals surface area contributed by atoms with Crippen LogP contribution in [0.25, 0.3) is 49.4 Å². The van der Waals surface area contributed by atoms with Crippen LogP contribution in [0.1, 0.15) is 30.5 Å². The number of aromatic nitrogens is 1. The molecule has 3 heteroatoms. The quantitative estimate of drug-likeness (QED) is 0.217. The Kier molecular flexibility index (Phi) is 6.07. The van der Waals surface area contributed by atoms with E-state index in [9.17, 15) is 0 Å². The van der Waals surface area contributed by atoms with E-state index in [2.05, 4.69) is 175 Å². The van der Waals surface area contributed by atoms with Gasteiger partial charge in [-0.3, -0.25) is 4.99 Å². The molecule has 7 aromatic rings. The Hall–Kier alpha value is -5.67. The molecule has 0 spiro atoms. The molecular weight excluding hydrogens is 558 g/mol. The van der Waals surface area contributed by atoms with Crippen LogP contribution >= 0.6 is 0 Å². The summed E-state index contributed by atoms with van der Waals surface area (Å²) in [7, 11) is 0. The molecule has 0 radical (unpaired) electrons. The van der Waals surface area contributed by atoms with E-state index < -0.39 is 5.54 Å².